The molecule has 1 aromatic carbocycles. The van der Waals surface area contributed by atoms with Crippen LogP contribution in [0.3, 0.4) is 0 Å². The van der Waals surface area contributed by atoms with Crippen LogP contribution in [0, 0.1) is 13.8 Å². The van der Waals surface area contributed by atoms with E-state index in [9.17, 15) is 0 Å². The fraction of sp³-hybridized carbons (Fsp3) is 0.375. The van der Waals surface area contributed by atoms with Crippen molar-refractivity contribution in [2.75, 3.05) is 0 Å². The van der Waals surface area contributed by atoms with Crippen molar-refractivity contribution >= 4 is 0 Å². The van der Waals surface area contributed by atoms with Gasteiger partial charge in [-0.25, -0.2) is 0 Å². The molecule has 2 aromatic rings. The van der Waals surface area contributed by atoms with Crippen LogP contribution in [0.5, 0.6) is 0 Å². The Morgan fingerprint density at radius 1 is 1.12 bits per heavy atom. The standard InChI is InChI=1S/C16H17N/c1-11-5-6-12(2)15-13(11)9-16(10-14(15)16)17-7-3-4-8-17/h3-8,14H,9-10H2,1-2H3. The van der Waals surface area contributed by atoms with Gasteiger partial charge in [-0.15, -0.1) is 0 Å². The molecule has 2 aliphatic carbocycles. The Morgan fingerprint density at radius 3 is 2.53 bits per heavy atom. The molecule has 0 saturated heterocycles. The second kappa shape index (κ2) is 2.84. The van der Waals surface area contributed by atoms with E-state index in [1.54, 1.807) is 11.1 Å². The minimum atomic E-state index is 0.392. The average Bonchev–Trinajstić information content (AvgIpc) is 2.77. The Kier molecular flexibility index (Phi) is 1.59. The summed E-state index contributed by atoms with van der Waals surface area (Å²) in [5.41, 5.74) is 6.63. The molecule has 4 rings (SSSR count). The summed E-state index contributed by atoms with van der Waals surface area (Å²) < 4.78 is 2.44. The molecule has 1 heteroatoms. The first-order valence-electron chi connectivity index (χ1n) is 6.45. The molecule has 86 valence electrons. The smallest absolute Gasteiger partial charge is 0.0556 e. The van der Waals surface area contributed by atoms with Crippen LogP contribution in [-0.4, -0.2) is 4.57 Å². The van der Waals surface area contributed by atoms with Crippen LogP contribution in [0.4, 0.5) is 0 Å². The highest BCUT2D eigenvalue weighted by Crippen LogP contribution is 2.65. The highest BCUT2D eigenvalue weighted by Gasteiger charge is 2.61. The molecule has 1 heterocycles. The molecule has 2 atom stereocenters. The summed E-state index contributed by atoms with van der Waals surface area (Å²) in [5, 5.41) is 0. The largest absolute Gasteiger partial charge is 0.347 e. The van der Waals surface area contributed by atoms with E-state index in [1.807, 2.05) is 0 Å². The van der Waals surface area contributed by atoms with E-state index in [0.29, 0.717) is 5.54 Å². The average molecular weight is 223 g/mol. The molecule has 17 heavy (non-hydrogen) atoms. The van der Waals surface area contributed by atoms with Gasteiger partial charge in [0.1, 0.15) is 0 Å². The lowest BCUT2D eigenvalue weighted by Gasteiger charge is -2.15. The number of hydrogen-bond acceptors (Lipinski definition) is 0. The van der Waals surface area contributed by atoms with Crippen molar-refractivity contribution < 1.29 is 0 Å². The molecule has 0 amide bonds. The van der Waals surface area contributed by atoms with Gasteiger partial charge in [-0.2, -0.15) is 0 Å². The summed E-state index contributed by atoms with van der Waals surface area (Å²) in [5.74, 6) is 0.768. The molecule has 0 aliphatic heterocycles. The van der Waals surface area contributed by atoms with E-state index in [4.69, 9.17) is 0 Å². The van der Waals surface area contributed by atoms with Gasteiger partial charge in [0, 0.05) is 18.3 Å². The van der Waals surface area contributed by atoms with Gasteiger partial charge in [0.2, 0.25) is 0 Å². The van der Waals surface area contributed by atoms with Crippen LogP contribution in [0.1, 0.15) is 34.6 Å². The van der Waals surface area contributed by atoms with Gasteiger partial charge in [-0.05, 0) is 61.1 Å². The number of nitrogens with zero attached hydrogens (tertiary/aromatic N) is 1. The first-order chi connectivity index (χ1) is 8.22. The summed E-state index contributed by atoms with van der Waals surface area (Å²) in [7, 11) is 0. The lowest BCUT2D eigenvalue weighted by molar-refractivity contribution is 0.485. The fourth-order valence-corrected chi connectivity index (χ4v) is 3.79. The molecule has 2 aliphatic rings. The fourth-order valence-electron chi connectivity index (χ4n) is 3.79. The maximum atomic E-state index is 2.44. The SMILES string of the molecule is Cc1ccc(C)c2c1CC1(n3cccc3)CC21. The van der Waals surface area contributed by atoms with Gasteiger partial charge in [-0.1, -0.05) is 12.1 Å². The Hall–Kier alpha value is -1.50. The van der Waals surface area contributed by atoms with Gasteiger partial charge < -0.3 is 4.57 Å². The molecule has 1 nitrogen and oxygen atoms in total. The lowest BCUT2D eigenvalue weighted by atomic mass is 9.96. The third-order valence-corrected chi connectivity index (χ3v) is 4.81. The van der Waals surface area contributed by atoms with Crippen molar-refractivity contribution in [3.05, 3.63) is 58.9 Å². The monoisotopic (exact) mass is 223 g/mol. The molecule has 0 bridgehead atoms. The molecule has 2 unspecified atom stereocenters. The van der Waals surface area contributed by atoms with E-state index >= 15 is 0 Å². The number of aromatic nitrogens is 1. The summed E-state index contributed by atoms with van der Waals surface area (Å²) >= 11 is 0. The highest BCUT2D eigenvalue weighted by atomic mass is 15.1. The predicted molar refractivity (Wildman–Crippen MR) is 69.4 cm³/mol. The lowest BCUT2D eigenvalue weighted by Crippen LogP contribution is -2.16. The van der Waals surface area contributed by atoms with E-state index < -0.39 is 0 Å². The molecule has 1 fully saturated rings. The Morgan fingerprint density at radius 2 is 1.82 bits per heavy atom. The van der Waals surface area contributed by atoms with E-state index in [0.717, 1.165) is 5.92 Å². The van der Waals surface area contributed by atoms with Crippen LogP contribution in [0.2, 0.25) is 0 Å². The maximum absolute atomic E-state index is 2.44. The summed E-state index contributed by atoms with van der Waals surface area (Å²) in [4.78, 5) is 0. The van der Waals surface area contributed by atoms with Gasteiger partial charge >= 0.3 is 0 Å². The van der Waals surface area contributed by atoms with Crippen molar-refractivity contribution in [1.29, 1.82) is 0 Å². The van der Waals surface area contributed by atoms with E-state index in [2.05, 4.69) is 55.1 Å². The molecule has 0 radical (unpaired) electrons. The zero-order valence-electron chi connectivity index (χ0n) is 10.4. The second-order valence-corrected chi connectivity index (χ2v) is 5.72. The van der Waals surface area contributed by atoms with Gasteiger partial charge in [0.25, 0.3) is 0 Å². The molecule has 1 aromatic heterocycles. The van der Waals surface area contributed by atoms with Crippen LogP contribution >= 0.6 is 0 Å². The van der Waals surface area contributed by atoms with E-state index in [-0.39, 0.29) is 0 Å². The first-order valence-corrected chi connectivity index (χ1v) is 6.45. The number of benzene rings is 1. The zero-order valence-corrected chi connectivity index (χ0v) is 10.4. The normalized spacial score (nSPS) is 28.9. The summed E-state index contributed by atoms with van der Waals surface area (Å²) in [6.45, 7) is 4.52. The Bertz CT molecular complexity index is 594. The van der Waals surface area contributed by atoms with Crippen LogP contribution in [0.25, 0.3) is 0 Å². The van der Waals surface area contributed by atoms with Crippen molar-refractivity contribution in [2.24, 2.45) is 0 Å². The third-order valence-electron chi connectivity index (χ3n) is 4.81. The van der Waals surface area contributed by atoms with Crippen LogP contribution in [-0.2, 0) is 12.0 Å². The minimum absolute atomic E-state index is 0.392. The summed E-state index contributed by atoms with van der Waals surface area (Å²) in [6.07, 6.45) is 7.03. The maximum Gasteiger partial charge on any atom is 0.0556 e. The molecular formula is C16H17N. The number of rotatable bonds is 1. The second-order valence-electron chi connectivity index (χ2n) is 5.72. The number of hydrogen-bond donors (Lipinski definition) is 0. The summed E-state index contributed by atoms with van der Waals surface area (Å²) in [6, 6.07) is 8.86. The molecule has 0 N–H and O–H groups in total. The van der Waals surface area contributed by atoms with Crippen molar-refractivity contribution in [3.8, 4) is 0 Å². The highest BCUT2D eigenvalue weighted by molar-refractivity contribution is 5.54. The quantitative estimate of drug-likeness (QED) is 0.697. The van der Waals surface area contributed by atoms with Gasteiger partial charge in [0.05, 0.1) is 5.54 Å². The zero-order chi connectivity index (χ0) is 11.6. The first kappa shape index (κ1) is 9.52. The van der Waals surface area contributed by atoms with Gasteiger partial charge in [-0.3, -0.25) is 0 Å². The van der Waals surface area contributed by atoms with Crippen molar-refractivity contribution in [1.82, 2.24) is 4.57 Å². The third kappa shape index (κ3) is 1.05. The number of fused-ring (bicyclic) bond motifs is 3. The Labute approximate surface area is 102 Å². The van der Waals surface area contributed by atoms with Crippen LogP contribution < -0.4 is 0 Å². The predicted octanol–water partition coefficient (Wildman–Crippen LogP) is 3.54. The number of aryl methyl sites for hydroxylation is 2. The molecule has 1 saturated carbocycles. The van der Waals surface area contributed by atoms with E-state index in [1.165, 1.54) is 24.0 Å². The topological polar surface area (TPSA) is 4.93 Å². The molecular weight excluding hydrogens is 206 g/mol. The molecule has 0 spiro atoms. The minimum Gasteiger partial charge on any atom is -0.347 e. The van der Waals surface area contributed by atoms with Crippen molar-refractivity contribution in [2.45, 2.75) is 38.1 Å². The van der Waals surface area contributed by atoms with Crippen LogP contribution in [0.15, 0.2) is 36.7 Å². The Balaban J connectivity index is 1.88. The van der Waals surface area contributed by atoms with Gasteiger partial charge in [0.15, 0.2) is 0 Å². The van der Waals surface area contributed by atoms with Crippen molar-refractivity contribution in [3.63, 3.8) is 0 Å².